The third kappa shape index (κ3) is 12.9. The van der Waals surface area contributed by atoms with Gasteiger partial charge in [-0.05, 0) is 24.3 Å². The van der Waals surface area contributed by atoms with Crippen LogP contribution in [0.5, 0.6) is 11.5 Å². The molecule has 3 aliphatic heterocycles. The Hall–Kier alpha value is -5.66. The summed E-state index contributed by atoms with van der Waals surface area (Å²) in [6.07, 6.45) is -25.5. The van der Waals surface area contributed by atoms with E-state index in [4.69, 9.17) is 66.3 Å². The van der Waals surface area contributed by atoms with Crippen molar-refractivity contribution < 1.29 is 115 Å². The standard InChI is InChI=1S/C38H48O24/c1-15(40)51-25-14-50-36(58-23-11-9-22(49-8)10-12-23)32(62-38-34(57-21(7)46)30(55-19(5)44)29(54-18(4)43)31(61-38)35(47)48)27(25)60-37-33(56-20(6)45)28(53-17(3)42)26(52-16(2)41)24(13-39)59-37/h9-12,24-34,36-39H,13-14H2,1-8H3,(H,47,48)/t24-,25+,26+,27+,28+,29-,30+,31+,32-,33-,34-,36+,37+,38+/m1/s1. The Morgan fingerprint density at radius 3 is 1.42 bits per heavy atom. The summed E-state index contributed by atoms with van der Waals surface area (Å²) in [4.78, 5) is 99.6. The molecule has 62 heavy (non-hydrogen) atoms. The van der Waals surface area contributed by atoms with Crippen LogP contribution >= 0.6 is 0 Å². The molecule has 344 valence electrons. The second kappa shape index (κ2) is 21.9. The van der Waals surface area contributed by atoms with E-state index in [9.17, 15) is 48.6 Å². The van der Waals surface area contributed by atoms with Gasteiger partial charge in [0.25, 0.3) is 0 Å². The third-order valence-electron chi connectivity index (χ3n) is 8.92. The third-order valence-corrected chi connectivity index (χ3v) is 8.92. The van der Waals surface area contributed by atoms with Crippen LogP contribution in [-0.4, -0.2) is 164 Å². The highest BCUT2D eigenvalue weighted by molar-refractivity contribution is 5.75. The number of ether oxygens (including phenoxy) is 14. The van der Waals surface area contributed by atoms with E-state index in [0.29, 0.717) is 5.75 Å². The minimum Gasteiger partial charge on any atom is -0.497 e. The SMILES string of the molecule is COc1ccc(O[C@@H]2OC[C@H](OC(C)=O)[C@H](O[C@@H]3O[C@H](CO)[C@H](OC(C)=O)[C@H](OC(C)=O)[C@H]3OC(C)=O)[C@H]2O[C@@H]2O[C@H](C(=O)O)[C@H](OC(C)=O)[C@H](OC(C)=O)[C@H]2OC(C)=O)cc1. The van der Waals surface area contributed by atoms with Crippen molar-refractivity contribution in [3.63, 3.8) is 0 Å². The normalized spacial score (nSPS) is 31.8. The van der Waals surface area contributed by atoms with Gasteiger partial charge < -0.3 is 76.5 Å². The van der Waals surface area contributed by atoms with Crippen molar-refractivity contribution >= 4 is 47.8 Å². The molecule has 24 heteroatoms. The van der Waals surface area contributed by atoms with E-state index in [-0.39, 0.29) is 5.75 Å². The topological polar surface area (TPSA) is 306 Å². The number of carbonyl (C=O) groups is 8. The number of carbonyl (C=O) groups excluding carboxylic acids is 7. The summed E-state index contributed by atoms with van der Waals surface area (Å²) in [5.74, 6) is -8.09. The van der Waals surface area contributed by atoms with E-state index in [2.05, 4.69) is 0 Å². The van der Waals surface area contributed by atoms with E-state index in [1.165, 1.54) is 31.4 Å². The molecule has 0 aromatic heterocycles. The van der Waals surface area contributed by atoms with Gasteiger partial charge in [-0.1, -0.05) is 0 Å². The van der Waals surface area contributed by atoms with Crippen molar-refractivity contribution in [1.82, 2.24) is 0 Å². The van der Waals surface area contributed by atoms with Gasteiger partial charge >= 0.3 is 47.8 Å². The van der Waals surface area contributed by atoms with Gasteiger partial charge in [-0.15, -0.1) is 0 Å². The molecule has 0 radical (unpaired) electrons. The Morgan fingerprint density at radius 1 is 0.532 bits per heavy atom. The summed E-state index contributed by atoms with van der Waals surface area (Å²) >= 11 is 0. The lowest BCUT2D eigenvalue weighted by atomic mass is 9.96. The maximum absolute atomic E-state index is 12.7. The first-order chi connectivity index (χ1) is 29.2. The number of rotatable bonds is 16. The maximum Gasteiger partial charge on any atom is 0.337 e. The van der Waals surface area contributed by atoms with Crippen LogP contribution < -0.4 is 9.47 Å². The number of carboxylic acids is 1. The van der Waals surface area contributed by atoms with Gasteiger partial charge in [-0.25, -0.2) is 4.79 Å². The molecule has 3 saturated heterocycles. The Kier molecular flexibility index (Phi) is 17.3. The van der Waals surface area contributed by atoms with E-state index < -0.39 is 147 Å². The highest BCUT2D eigenvalue weighted by Gasteiger charge is 2.59. The van der Waals surface area contributed by atoms with E-state index >= 15 is 0 Å². The van der Waals surface area contributed by atoms with Crippen LogP contribution in [0.25, 0.3) is 0 Å². The summed E-state index contributed by atoms with van der Waals surface area (Å²) in [5.41, 5.74) is 0. The van der Waals surface area contributed by atoms with Crippen molar-refractivity contribution in [2.75, 3.05) is 20.3 Å². The molecule has 0 bridgehead atoms. The first kappa shape index (κ1) is 49.0. The molecule has 24 nitrogen and oxygen atoms in total. The largest absolute Gasteiger partial charge is 0.497 e. The Labute approximate surface area is 353 Å². The number of benzene rings is 1. The fourth-order valence-corrected chi connectivity index (χ4v) is 6.76. The number of hydrogen-bond donors (Lipinski definition) is 2. The average Bonchev–Trinajstić information content (AvgIpc) is 3.16. The van der Waals surface area contributed by atoms with Crippen LogP contribution in [0.3, 0.4) is 0 Å². The van der Waals surface area contributed by atoms with Gasteiger partial charge in [0, 0.05) is 48.5 Å². The molecule has 0 saturated carbocycles. The van der Waals surface area contributed by atoms with Crippen molar-refractivity contribution in [2.24, 2.45) is 0 Å². The van der Waals surface area contributed by atoms with Crippen LogP contribution in [0, 0.1) is 0 Å². The van der Waals surface area contributed by atoms with Gasteiger partial charge in [0.05, 0.1) is 20.3 Å². The zero-order valence-corrected chi connectivity index (χ0v) is 34.7. The lowest BCUT2D eigenvalue weighted by Crippen LogP contribution is -2.68. The minimum atomic E-state index is -2.17. The molecule has 4 rings (SSSR count). The zero-order chi connectivity index (χ0) is 46.0. The van der Waals surface area contributed by atoms with Gasteiger partial charge in [0.15, 0.2) is 61.2 Å². The highest BCUT2D eigenvalue weighted by Crippen LogP contribution is 2.37. The zero-order valence-electron chi connectivity index (χ0n) is 34.7. The molecule has 1 aromatic rings. The first-order valence-corrected chi connectivity index (χ1v) is 18.8. The summed E-state index contributed by atoms with van der Waals surface area (Å²) in [7, 11) is 1.42. The molecule has 0 spiro atoms. The average molecular weight is 889 g/mol. The van der Waals surface area contributed by atoms with Crippen LogP contribution in [0.1, 0.15) is 48.5 Å². The first-order valence-electron chi connectivity index (χ1n) is 18.8. The predicted octanol–water partition coefficient (Wildman–Crippen LogP) is -0.751. The van der Waals surface area contributed by atoms with Crippen LogP contribution in [0.4, 0.5) is 0 Å². The van der Waals surface area contributed by atoms with Gasteiger partial charge in [-0.2, -0.15) is 0 Å². The van der Waals surface area contributed by atoms with Crippen LogP contribution in [-0.2, 0) is 95.2 Å². The number of methoxy groups -OCH3 is 1. The van der Waals surface area contributed by atoms with Gasteiger partial charge in [0.2, 0.25) is 12.6 Å². The Morgan fingerprint density at radius 2 is 0.952 bits per heavy atom. The van der Waals surface area contributed by atoms with Crippen molar-refractivity contribution in [2.45, 2.75) is 134 Å². The Bertz CT molecular complexity index is 1780. The predicted molar refractivity (Wildman–Crippen MR) is 194 cm³/mol. The number of aliphatic carboxylic acids is 1. The number of carboxylic acid groups (broad SMARTS) is 1. The van der Waals surface area contributed by atoms with Crippen molar-refractivity contribution in [3.05, 3.63) is 24.3 Å². The monoisotopic (exact) mass is 888 g/mol. The lowest BCUT2D eigenvalue weighted by molar-refractivity contribution is -0.374. The van der Waals surface area contributed by atoms with Crippen molar-refractivity contribution in [3.8, 4) is 11.5 Å². The number of aliphatic hydroxyl groups excluding tert-OH is 1. The number of esters is 7. The molecule has 3 aliphatic rings. The van der Waals surface area contributed by atoms with Gasteiger partial charge in [0.1, 0.15) is 23.7 Å². The van der Waals surface area contributed by atoms with Crippen LogP contribution in [0.2, 0.25) is 0 Å². The molecule has 3 fully saturated rings. The molecular weight excluding hydrogens is 840 g/mol. The van der Waals surface area contributed by atoms with Crippen molar-refractivity contribution in [1.29, 1.82) is 0 Å². The molecule has 1 aromatic carbocycles. The summed E-state index contributed by atoms with van der Waals surface area (Å²) in [6.45, 7) is 5.42. The van der Waals surface area contributed by atoms with E-state index in [1.807, 2.05) is 0 Å². The molecule has 14 atom stereocenters. The fourth-order valence-electron chi connectivity index (χ4n) is 6.76. The molecule has 0 amide bonds. The maximum atomic E-state index is 12.7. The fraction of sp³-hybridized carbons (Fsp3) is 0.632. The molecule has 2 N–H and O–H groups in total. The smallest absolute Gasteiger partial charge is 0.337 e. The van der Waals surface area contributed by atoms with Gasteiger partial charge in [-0.3, -0.25) is 33.6 Å². The summed E-state index contributed by atoms with van der Waals surface area (Å²) in [5, 5.41) is 20.7. The van der Waals surface area contributed by atoms with E-state index in [0.717, 1.165) is 48.5 Å². The second-order valence-electron chi connectivity index (χ2n) is 13.8. The minimum absolute atomic E-state index is 0.0949. The highest BCUT2D eigenvalue weighted by atomic mass is 16.8. The lowest BCUT2D eigenvalue weighted by Gasteiger charge is -2.49. The van der Waals surface area contributed by atoms with Crippen LogP contribution in [0.15, 0.2) is 24.3 Å². The summed E-state index contributed by atoms with van der Waals surface area (Å²) in [6, 6.07) is 5.95. The number of aliphatic hydroxyl groups is 1. The molecule has 3 heterocycles. The molecular formula is C38H48O24. The number of hydrogen-bond acceptors (Lipinski definition) is 23. The summed E-state index contributed by atoms with van der Waals surface area (Å²) < 4.78 is 79.8. The Balaban J connectivity index is 1.92. The molecule has 0 aliphatic carbocycles. The second-order valence-corrected chi connectivity index (χ2v) is 13.8. The van der Waals surface area contributed by atoms with E-state index in [1.54, 1.807) is 0 Å². The molecule has 0 unspecified atom stereocenters. The quantitative estimate of drug-likeness (QED) is 0.152.